The van der Waals surface area contributed by atoms with E-state index in [1.807, 2.05) is 24.0 Å². The number of rotatable bonds is 9. The first-order chi connectivity index (χ1) is 9.69. The summed E-state index contributed by atoms with van der Waals surface area (Å²) in [6.45, 7) is 3.02. The molecule has 0 aliphatic carbocycles. The molecule has 0 spiro atoms. The molecule has 0 aliphatic rings. The SMILES string of the molecule is CCCCC(C(=O)O)N(CCC#N)Cc1cccnc1. The van der Waals surface area contributed by atoms with E-state index in [1.165, 1.54) is 0 Å². The number of nitriles is 1. The highest BCUT2D eigenvalue weighted by Gasteiger charge is 2.24. The van der Waals surface area contributed by atoms with Gasteiger partial charge in [0.15, 0.2) is 0 Å². The van der Waals surface area contributed by atoms with Crippen molar-refractivity contribution in [1.82, 2.24) is 9.88 Å². The Morgan fingerprint density at radius 3 is 2.95 bits per heavy atom. The summed E-state index contributed by atoms with van der Waals surface area (Å²) in [6, 6.07) is 5.30. The number of unbranched alkanes of at least 4 members (excludes halogenated alkanes) is 1. The van der Waals surface area contributed by atoms with Crippen LogP contribution in [0, 0.1) is 11.3 Å². The minimum absolute atomic E-state index is 0.330. The lowest BCUT2D eigenvalue weighted by Gasteiger charge is -2.28. The highest BCUT2D eigenvalue weighted by atomic mass is 16.4. The molecule has 0 fully saturated rings. The van der Waals surface area contributed by atoms with Gasteiger partial charge in [0.1, 0.15) is 6.04 Å². The molecular formula is C15H21N3O2. The van der Waals surface area contributed by atoms with Crippen molar-refractivity contribution in [1.29, 1.82) is 5.26 Å². The van der Waals surface area contributed by atoms with Crippen molar-refractivity contribution in [2.45, 2.75) is 45.2 Å². The van der Waals surface area contributed by atoms with Crippen LogP contribution in [0.2, 0.25) is 0 Å². The zero-order valence-corrected chi connectivity index (χ0v) is 11.8. The van der Waals surface area contributed by atoms with Gasteiger partial charge in [-0.05, 0) is 18.1 Å². The standard InChI is InChI=1S/C15H21N3O2/c1-2-3-7-14(15(19)20)18(10-5-8-16)12-13-6-4-9-17-11-13/h4,6,9,11,14H,2-3,5,7,10,12H2,1H3,(H,19,20). The normalized spacial score (nSPS) is 12.1. The summed E-state index contributed by atoms with van der Waals surface area (Å²) in [5.41, 5.74) is 0.966. The first-order valence-corrected chi connectivity index (χ1v) is 6.91. The minimum atomic E-state index is -0.819. The van der Waals surface area contributed by atoms with E-state index in [2.05, 4.69) is 11.1 Å². The van der Waals surface area contributed by atoms with Crippen LogP contribution in [0.3, 0.4) is 0 Å². The number of carbonyl (C=O) groups is 1. The fourth-order valence-corrected chi connectivity index (χ4v) is 2.12. The van der Waals surface area contributed by atoms with Crippen molar-refractivity contribution in [3.05, 3.63) is 30.1 Å². The smallest absolute Gasteiger partial charge is 0.320 e. The maximum Gasteiger partial charge on any atom is 0.320 e. The summed E-state index contributed by atoms with van der Waals surface area (Å²) in [5.74, 6) is -0.819. The Morgan fingerprint density at radius 1 is 1.60 bits per heavy atom. The first-order valence-electron chi connectivity index (χ1n) is 6.91. The van der Waals surface area contributed by atoms with Gasteiger partial charge in [0, 0.05) is 31.9 Å². The first kappa shape index (κ1) is 16.1. The Hall–Kier alpha value is -1.93. The number of carboxylic acids is 1. The van der Waals surface area contributed by atoms with Crippen LogP contribution in [0.4, 0.5) is 0 Å². The van der Waals surface area contributed by atoms with Crippen molar-refractivity contribution in [3.63, 3.8) is 0 Å². The van der Waals surface area contributed by atoms with Gasteiger partial charge in [0.2, 0.25) is 0 Å². The molecule has 108 valence electrons. The summed E-state index contributed by atoms with van der Waals surface area (Å²) in [4.78, 5) is 17.4. The molecule has 0 bridgehead atoms. The molecule has 0 amide bonds. The van der Waals surface area contributed by atoms with Gasteiger partial charge in [-0.1, -0.05) is 25.8 Å². The topological polar surface area (TPSA) is 77.2 Å². The number of hydrogen-bond donors (Lipinski definition) is 1. The molecule has 0 saturated heterocycles. The Morgan fingerprint density at radius 2 is 2.40 bits per heavy atom. The number of hydrogen-bond acceptors (Lipinski definition) is 4. The second-order valence-corrected chi connectivity index (χ2v) is 4.74. The van der Waals surface area contributed by atoms with E-state index in [4.69, 9.17) is 5.26 Å². The van der Waals surface area contributed by atoms with Gasteiger partial charge in [-0.25, -0.2) is 0 Å². The Bertz CT molecular complexity index is 442. The van der Waals surface area contributed by atoms with Crippen molar-refractivity contribution < 1.29 is 9.90 Å². The third kappa shape index (κ3) is 5.37. The molecule has 1 heterocycles. The molecule has 5 heteroatoms. The van der Waals surface area contributed by atoms with Gasteiger partial charge in [0.25, 0.3) is 0 Å². The van der Waals surface area contributed by atoms with Gasteiger partial charge in [-0.3, -0.25) is 14.7 Å². The second-order valence-electron chi connectivity index (χ2n) is 4.74. The molecule has 1 rings (SSSR count). The lowest BCUT2D eigenvalue weighted by atomic mass is 10.1. The van der Waals surface area contributed by atoms with E-state index < -0.39 is 12.0 Å². The quantitative estimate of drug-likeness (QED) is 0.749. The van der Waals surface area contributed by atoms with Gasteiger partial charge < -0.3 is 5.11 Å². The van der Waals surface area contributed by atoms with Crippen LogP contribution in [0.15, 0.2) is 24.5 Å². The minimum Gasteiger partial charge on any atom is -0.480 e. The van der Waals surface area contributed by atoms with E-state index in [1.54, 1.807) is 12.4 Å². The highest BCUT2D eigenvalue weighted by molar-refractivity contribution is 5.73. The average molecular weight is 275 g/mol. The molecule has 5 nitrogen and oxygen atoms in total. The van der Waals surface area contributed by atoms with Gasteiger partial charge in [0.05, 0.1) is 6.07 Å². The molecule has 0 radical (unpaired) electrons. The van der Waals surface area contributed by atoms with Gasteiger partial charge in [-0.15, -0.1) is 0 Å². The number of aromatic nitrogens is 1. The van der Waals surface area contributed by atoms with Crippen molar-refractivity contribution in [2.75, 3.05) is 6.54 Å². The summed E-state index contributed by atoms with van der Waals surface area (Å²) in [6.07, 6.45) is 6.19. The van der Waals surface area contributed by atoms with Crippen molar-refractivity contribution >= 4 is 5.97 Å². The number of aliphatic carboxylic acids is 1. The summed E-state index contributed by atoms with van der Waals surface area (Å²) < 4.78 is 0. The molecular weight excluding hydrogens is 254 g/mol. The maximum absolute atomic E-state index is 11.5. The molecule has 0 aliphatic heterocycles. The van der Waals surface area contributed by atoms with Crippen LogP contribution >= 0.6 is 0 Å². The molecule has 1 atom stereocenters. The molecule has 1 unspecified atom stereocenters. The van der Waals surface area contributed by atoms with E-state index in [0.717, 1.165) is 18.4 Å². The fraction of sp³-hybridized carbons (Fsp3) is 0.533. The van der Waals surface area contributed by atoms with E-state index in [9.17, 15) is 9.90 Å². The number of pyridine rings is 1. The second kappa shape index (κ2) is 9.05. The van der Waals surface area contributed by atoms with Crippen LogP contribution in [-0.4, -0.2) is 33.5 Å². The summed E-state index contributed by atoms with van der Waals surface area (Å²) in [5, 5.41) is 18.1. The fourth-order valence-electron chi connectivity index (χ4n) is 2.12. The summed E-state index contributed by atoms with van der Waals surface area (Å²) >= 11 is 0. The van der Waals surface area contributed by atoms with Crippen LogP contribution in [0.1, 0.15) is 38.2 Å². The van der Waals surface area contributed by atoms with Crippen molar-refractivity contribution in [2.24, 2.45) is 0 Å². The zero-order chi connectivity index (χ0) is 14.8. The third-order valence-corrected chi connectivity index (χ3v) is 3.18. The van der Waals surface area contributed by atoms with E-state index in [-0.39, 0.29) is 0 Å². The van der Waals surface area contributed by atoms with Gasteiger partial charge in [-0.2, -0.15) is 5.26 Å². The predicted octanol–water partition coefficient (Wildman–Crippen LogP) is 2.44. The van der Waals surface area contributed by atoms with E-state index >= 15 is 0 Å². The number of nitrogens with zero attached hydrogens (tertiary/aromatic N) is 3. The number of carboxylic acid groups (broad SMARTS) is 1. The molecule has 0 saturated carbocycles. The lowest BCUT2D eigenvalue weighted by molar-refractivity contribution is -0.143. The zero-order valence-electron chi connectivity index (χ0n) is 11.8. The Labute approximate surface area is 119 Å². The van der Waals surface area contributed by atoms with Crippen molar-refractivity contribution in [3.8, 4) is 6.07 Å². The van der Waals surface area contributed by atoms with Gasteiger partial charge >= 0.3 is 5.97 Å². The largest absolute Gasteiger partial charge is 0.480 e. The maximum atomic E-state index is 11.5. The molecule has 1 aromatic rings. The molecule has 0 aromatic carbocycles. The highest BCUT2D eigenvalue weighted by Crippen LogP contribution is 2.14. The third-order valence-electron chi connectivity index (χ3n) is 3.18. The summed E-state index contributed by atoms with van der Waals surface area (Å²) in [7, 11) is 0. The Kier molecular flexibility index (Phi) is 7.30. The monoisotopic (exact) mass is 275 g/mol. The van der Waals surface area contributed by atoms with Crippen LogP contribution in [-0.2, 0) is 11.3 Å². The van der Waals surface area contributed by atoms with Crippen LogP contribution < -0.4 is 0 Å². The van der Waals surface area contributed by atoms with Crippen LogP contribution in [0.25, 0.3) is 0 Å². The van der Waals surface area contributed by atoms with Crippen LogP contribution in [0.5, 0.6) is 0 Å². The van der Waals surface area contributed by atoms with E-state index in [0.29, 0.717) is 25.9 Å². The Balaban J connectivity index is 2.79. The molecule has 1 aromatic heterocycles. The average Bonchev–Trinajstić information content (AvgIpc) is 2.45. The predicted molar refractivity (Wildman–Crippen MR) is 75.8 cm³/mol. The molecule has 1 N–H and O–H groups in total. The molecule has 20 heavy (non-hydrogen) atoms. The lowest BCUT2D eigenvalue weighted by Crippen LogP contribution is -2.41.